The lowest BCUT2D eigenvalue weighted by Crippen LogP contribution is -2.13. The zero-order chi connectivity index (χ0) is 12.8. The van der Waals surface area contributed by atoms with Crippen molar-refractivity contribution in [2.24, 2.45) is 0 Å². The van der Waals surface area contributed by atoms with Crippen molar-refractivity contribution in [2.75, 3.05) is 6.54 Å². The molecule has 3 nitrogen and oxygen atoms in total. The van der Waals surface area contributed by atoms with E-state index in [1.54, 1.807) is 0 Å². The van der Waals surface area contributed by atoms with Crippen molar-refractivity contribution in [1.82, 2.24) is 14.9 Å². The SMILES string of the molecule is CCCCn1cc(CNCCC)c2cccnc21. The summed E-state index contributed by atoms with van der Waals surface area (Å²) in [5, 5.41) is 4.76. The molecule has 0 fully saturated rings. The topological polar surface area (TPSA) is 29.9 Å². The molecular weight excluding hydrogens is 222 g/mol. The molecule has 2 heterocycles. The molecule has 0 aliphatic heterocycles. The molecule has 0 radical (unpaired) electrons. The van der Waals surface area contributed by atoms with Crippen molar-refractivity contribution < 1.29 is 0 Å². The van der Waals surface area contributed by atoms with Crippen LogP contribution in [0, 0.1) is 0 Å². The molecule has 0 spiro atoms. The predicted octanol–water partition coefficient (Wildman–Crippen LogP) is 3.34. The number of pyridine rings is 1. The summed E-state index contributed by atoms with van der Waals surface area (Å²) in [6.45, 7) is 7.50. The van der Waals surface area contributed by atoms with Crippen molar-refractivity contribution in [3.05, 3.63) is 30.1 Å². The van der Waals surface area contributed by atoms with Gasteiger partial charge in [0.1, 0.15) is 5.65 Å². The van der Waals surface area contributed by atoms with Crippen LogP contribution in [0.15, 0.2) is 24.5 Å². The third-order valence-electron chi connectivity index (χ3n) is 3.21. The molecule has 98 valence electrons. The second-order valence-corrected chi connectivity index (χ2v) is 4.75. The molecule has 3 heteroatoms. The van der Waals surface area contributed by atoms with Gasteiger partial charge in [0.05, 0.1) is 0 Å². The molecule has 1 N–H and O–H groups in total. The van der Waals surface area contributed by atoms with Crippen molar-refractivity contribution in [1.29, 1.82) is 0 Å². The van der Waals surface area contributed by atoms with E-state index < -0.39 is 0 Å². The molecule has 0 amide bonds. The van der Waals surface area contributed by atoms with E-state index in [1.165, 1.54) is 30.2 Å². The van der Waals surface area contributed by atoms with Crippen LogP contribution in [-0.4, -0.2) is 16.1 Å². The normalized spacial score (nSPS) is 11.2. The zero-order valence-electron chi connectivity index (χ0n) is 11.4. The number of aryl methyl sites for hydroxylation is 1. The number of unbranched alkanes of at least 4 members (excludes halogenated alkanes) is 1. The van der Waals surface area contributed by atoms with Crippen molar-refractivity contribution in [3.8, 4) is 0 Å². The maximum Gasteiger partial charge on any atom is 0.140 e. The van der Waals surface area contributed by atoms with Gasteiger partial charge in [-0.25, -0.2) is 4.98 Å². The van der Waals surface area contributed by atoms with E-state index in [9.17, 15) is 0 Å². The van der Waals surface area contributed by atoms with Crippen molar-refractivity contribution in [2.45, 2.75) is 46.2 Å². The standard InChI is InChI=1S/C15H23N3/c1-3-5-10-18-12-13(11-16-8-4-2)14-7-6-9-17-15(14)18/h6-7,9,12,16H,3-5,8,10-11H2,1-2H3. The van der Waals surface area contributed by atoms with Gasteiger partial charge in [0.15, 0.2) is 0 Å². The highest BCUT2D eigenvalue weighted by molar-refractivity contribution is 5.80. The summed E-state index contributed by atoms with van der Waals surface area (Å²) in [6, 6.07) is 4.20. The number of nitrogens with zero attached hydrogens (tertiary/aromatic N) is 2. The molecule has 0 aromatic carbocycles. The van der Waals surface area contributed by atoms with Gasteiger partial charge in [-0.1, -0.05) is 20.3 Å². The lowest BCUT2D eigenvalue weighted by molar-refractivity contribution is 0.638. The molecule has 0 bridgehead atoms. The fourth-order valence-corrected chi connectivity index (χ4v) is 2.23. The number of hydrogen-bond donors (Lipinski definition) is 1. The number of hydrogen-bond acceptors (Lipinski definition) is 2. The van der Waals surface area contributed by atoms with Crippen LogP contribution in [0.25, 0.3) is 11.0 Å². The first-order valence-corrected chi connectivity index (χ1v) is 7.00. The van der Waals surface area contributed by atoms with E-state index in [1.807, 2.05) is 12.3 Å². The van der Waals surface area contributed by atoms with E-state index in [0.29, 0.717) is 0 Å². The van der Waals surface area contributed by atoms with Gasteiger partial charge in [0.25, 0.3) is 0 Å². The Labute approximate surface area is 109 Å². The minimum absolute atomic E-state index is 0.940. The monoisotopic (exact) mass is 245 g/mol. The van der Waals surface area contributed by atoms with Crippen molar-refractivity contribution in [3.63, 3.8) is 0 Å². The predicted molar refractivity (Wildman–Crippen MR) is 76.6 cm³/mol. The Morgan fingerprint density at radius 1 is 1.28 bits per heavy atom. The molecule has 0 saturated carbocycles. The number of fused-ring (bicyclic) bond motifs is 1. The van der Waals surface area contributed by atoms with E-state index in [4.69, 9.17) is 0 Å². The van der Waals surface area contributed by atoms with E-state index in [2.05, 4.69) is 41.0 Å². The third-order valence-corrected chi connectivity index (χ3v) is 3.21. The summed E-state index contributed by atoms with van der Waals surface area (Å²) in [5.41, 5.74) is 2.49. The van der Waals surface area contributed by atoms with E-state index in [-0.39, 0.29) is 0 Å². The van der Waals surface area contributed by atoms with Gasteiger partial charge < -0.3 is 9.88 Å². The molecule has 18 heavy (non-hydrogen) atoms. The molecule has 0 aliphatic carbocycles. The van der Waals surface area contributed by atoms with Crippen LogP contribution in [0.3, 0.4) is 0 Å². The second-order valence-electron chi connectivity index (χ2n) is 4.75. The summed E-state index contributed by atoms with van der Waals surface area (Å²) in [4.78, 5) is 4.52. The van der Waals surface area contributed by atoms with Crippen LogP contribution in [-0.2, 0) is 13.1 Å². The van der Waals surface area contributed by atoms with Crippen molar-refractivity contribution >= 4 is 11.0 Å². The van der Waals surface area contributed by atoms with Crippen LogP contribution in [0.1, 0.15) is 38.7 Å². The van der Waals surface area contributed by atoms with Crippen LogP contribution in [0.4, 0.5) is 0 Å². The third kappa shape index (κ3) is 2.91. The first-order valence-electron chi connectivity index (χ1n) is 7.00. The van der Waals surface area contributed by atoms with Gasteiger partial charge in [-0.05, 0) is 37.1 Å². The first kappa shape index (κ1) is 13.1. The maximum absolute atomic E-state index is 4.52. The van der Waals surface area contributed by atoms with Crippen LogP contribution < -0.4 is 5.32 Å². The molecule has 2 rings (SSSR count). The number of nitrogens with one attached hydrogen (secondary N) is 1. The molecule has 0 atom stereocenters. The summed E-state index contributed by atoms with van der Waals surface area (Å²) in [6.07, 6.45) is 7.74. The highest BCUT2D eigenvalue weighted by Crippen LogP contribution is 2.19. The number of rotatable bonds is 7. The lowest BCUT2D eigenvalue weighted by atomic mass is 10.2. The molecule has 0 unspecified atom stereocenters. The summed E-state index contributed by atoms with van der Waals surface area (Å²) in [7, 11) is 0. The zero-order valence-corrected chi connectivity index (χ0v) is 11.4. The van der Waals surface area contributed by atoms with Gasteiger partial charge in [0.2, 0.25) is 0 Å². The molecule has 2 aromatic rings. The Morgan fingerprint density at radius 3 is 2.94 bits per heavy atom. The van der Waals surface area contributed by atoms with E-state index >= 15 is 0 Å². The van der Waals surface area contributed by atoms with Gasteiger partial charge in [-0.3, -0.25) is 0 Å². The summed E-state index contributed by atoms with van der Waals surface area (Å²) < 4.78 is 2.29. The summed E-state index contributed by atoms with van der Waals surface area (Å²) >= 11 is 0. The minimum atomic E-state index is 0.940. The smallest absolute Gasteiger partial charge is 0.140 e. The van der Waals surface area contributed by atoms with Gasteiger partial charge in [-0.2, -0.15) is 0 Å². The first-order chi connectivity index (χ1) is 8.86. The van der Waals surface area contributed by atoms with Crippen LogP contribution >= 0.6 is 0 Å². The Hall–Kier alpha value is -1.35. The Kier molecular flexibility index (Phi) is 4.76. The Morgan fingerprint density at radius 2 is 2.17 bits per heavy atom. The second kappa shape index (κ2) is 6.55. The van der Waals surface area contributed by atoms with E-state index in [0.717, 1.165) is 25.3 Å². The average Bonchev–Trinajstić information content (AvgIpc) is 2.76. The lowest BCUT2D eigenvalue weighted by Gasteiger charge is -2.02. The van der Waals surface area contributed by atoms with Gasteiger partial charge >= 0.3 is 0 Å². The maximum atomic E-state index is 4.52. The largest absolute Gasteiger partial charge is 0.332 e. The fourth-order valence-electron chi connectivity index (χ4n) is 2.23. The number of aromatic nitrogens is 2. The quantitative estimate of drug-likeness (QED) is 0.758. The minimum Gasteiger partial charge on any atom is -0.332 e. The van der Waals surface area contributed by atoms with Crippen LogP contribution in [0.5, 0.6) is 0 Å². The van der Waals surface area contributed by atoms with Gasteiger partial charge in [-0.15, -0.1) is 0 Å². The molecule has 0 aliphatic rings. The molecule has 2 aromatic heterocycles. The molecular formula is C15H23N3. The highest BCUT2D eigenvalue weighted by atomic mass is 15.0. The Balaban J connectivity index is 2.23. The highest BCUT2D eigenvalue weighted by Gasteiger charge is 2.08. The Bertz CT molecular complexity index is 487. The summed E-state index contributed by atoms with van der Waals surface area (Å²) in [5.74, 6) is 0. The average molecular weight is 245 g/mol. The fraction of sp³-hybridized carbons (Fsp3) is 0.533. The van der Waals surface area contributed by atoms with Crippen LogP contribution in [0.2, 0.25) is 0 Å². The van der Waals surface area contributed by atoms with Gasteiger partial charge in [0, 0.05) is 30.9 Å². The molecule has 0 saturated heterocycles.